The Morgan fingerprint density at radius 1 is 0.897 bits per heavy atom. The predicted octanol–water partition coefficient (Wildman–Crippen LogP) is 6.34. The van der Waals surface area contributed by atoms with E-state index in [4.69, 9.17) is 16.3 Å². The van der Waals surface area contributed by atoms with Crippen LogP contribution < -0.4 is 35.0 Å². The van der Waals surface area contributed by atoms with Crippen LogP contribution in [-0.2, 0) is 39.0 Å². The molecule has 3 fully saturated rings. The summed E-state index contributed by atoms with van der Waals surface area (Å²) >= 11 is 6.39. The van der Waals surface area contributed by atoms with Crippen LogP contribution in [-0.4, -0.2) is 128 Å². The number of piperazine rings is 1. The summed E-state index contributed by atoms with van der Waals surface area (Å²) in [6.45, 7) is 1.84. The van der Waals surface area contributed by atoms with Crippen molar-refractivity contribution in [2.24, 2.45) is 0 Å². The van der Waals surface area contributed by atoms with Crippen molar-refractivity contribution in [3.8, 4) is 11.5 Å². The molecular weight excluding hydrogens is 936 g/mol. The molecule has 4 N–H and O–H groups in total. The Balaban J connectivity index is 0.871. The van der Waals surface area contributed by atoms with Crippen LogP contribution in [0.4, 0.5) is 52.1 Å². The van der Waals surface area contributed by atoms with Gasteiger partial charge in [-0.25, -0.2) is 13.4 Å². The van der Waals surface area contributed by atoms with Crippen molar-refractivity contribution < 1.29 is 49.8 Å². The van der Waals surface area contributed by atoms with Gasteiger partial charge in [0.15, 0.2) is 17.3 Å². The SMILES string of the molecule is CCc1cc(Nc2ncc(Cl)c(Nc3cccc(OC(F)F)c3NS(C)(=O)=O)n2)c(OC(F)F)cc1N1CCC(N2CCN(CCc3ccc4c(c3)CN(C3CCC(=O)NC3=O)C4=O)CC2)CC1. The van der Waals surface area contributed by atoms with Gasteiger partial charge in [-0.15, -0.1) is 0 Å². The number of halogens is 5. The largest absolute Gasteiger partial charge is 0.433 e. The Bertz CT molecular complexity index is 2650. The van der Waals surface area contributed by atoms with Gasteiger partial charge in [0.05, 0.1) is 23.8 Å². The fourth-order valence-corrected chi connectivity index (χ4v) is 9.98. The average Bonchev–Trinajstić information content (AvgIpc) is 3.62. The first-order chi connectivity index (χ1) is 32.5. The maximum atomic E-state index is 13.9. The maximum absolute atomic E-state index is 13.9. The molecule has 23 heteroatoms. The number of amides is 3. The number of aryl methyl sites for hydroxylation is 1. The average molecular weight is 987 g/mol. The normalized spacial score (nSPS) is 18.5. The van der Waals surface area contributed by atoms with Gasteiger partial charge < -0.3 is 34.8 Å². The molecule has 4 aromatic rings. The summed E-state index contributed by atoms with van der Waals surface area (Å²) in [4.78, 5) is 54.5. The van der Waals surface area contributed by atoms with Gasteiger partial charge in [0, 0.05) is 82.1 Å². The number of imide groups is 1. The molecule has 0 spiro atoms. The standard InChI is InChI=1S/C45H51ClF4N10O7S/c1-3-27-22-33(53-45-51-24-31(46)40(55-45)52-32-5-4-6-36(66-43(47)48)39(32)56-68(2,64)65)37(67-44(49)50)23-35(27)59-15-12-29(13-16-59)58-19-17-57(18-20-58)14-11-26-7-8-30-28(21-26)25-60(42(30)63)34-9-10-38(61)54-41(34)62/h4-8,21-24,29,34,43-44,56H,3,9-20,25H2,1-2H3,(H,54,61,62)(H2,51,52,53,55). The number of nitrogens with one attached hydrogen (secondary N) is 4. The summed E-state index contributed by atoms with van der Waals surface area (Å²) in [5.41, 5.74) is 4.06. The van der Waals surface area contributed by atoms with E-state index < -0.39 is 40.9 Å². The minimum absolute atomic E-state index is 0.0297. The topological polar surface area (TPSA) is 191 Å². The molecule has 4 aliphatic rings. The lowest BCUT2D eigenvalue weighted by Gasteiger charge is -2.43. The lowest BCUT2D eigenvalue weighted by molar-refractivity contribution is -0.136. The minimum atomic E-state index is -3.96. The maximum Gasteiger partial charge on any atom is 0.387 e. The first kappa shape index (κ1) is 48.5. The highest BCUT2D eigenvalue weighted by Gasteiger charge is 2.39. The second kappa shape index (κ2) is 20.7. The van der Waals surface area contributed by atoms with E-state index in [9.17, 15) is 40.4 Å². The zero-order valence-electron chi connectivity index (χ0n) is 37.2. The Hall–Kier alpha value is -5.97. The molecule has 1 unspecified atom stereocenters. The highest BCUT2D eigenvalue weighted by atomic mass is 35.5. The Morgan fingerprint density at radius 3 is 2.32 bits per heavy atom. The molecule has 68 heavy (non-hydrogen) atoms. The van der Waals surface area contributed by atoms with Gasteiger partial charge in [-0.3, -0.25) is 29.3 Å². The van der Waals surface area contributed by atoms with E-state index in [0.29, 0.717) is 44.1 Å². The van der Waals surface area contributed by atoms with Crippen molar-refractivity contribution in [3.05, 3.63) is 82.0 Å². The molecule has 5 heterocycles. The van der Waals surface area contributed by atoms with E-state index in [1.54, 1.807) is 17.0 Å². The number of anilines is 6. The van der Waals surface area contributed by atoms with Gasteiger partial charge in [0.1, 0.15) is 16.8 Å². The number of fused-ring (bicyclic) bond motifs is 1. The van der Waals surface area contributed by atoms with Gasteiger partial charge in [0.25, 0.3) is 5.91 Å². The van der Waals surface area contributed by atoms with Crippen molar-refractivity contribution in [2.75, 3.05) is 72.3 Å². The summed E-state index contributed by atoms with van der Waals surface area (Å²) < 4.78 is 90.2. The van der Waals surface area contributed by atoms with Crippen LogP contribution in [0.3, 0.4) is 0 Å². The summed E-state index contributed by atoms with van der Waals surface area (Å²) in [5, 5.41) is 8.08. The van der Waals surface area contributed by atoms with Gasteiger partial charge >= 0.3 is 13.2 Å². The second-order valence-electron chi connectivity index (χ2n) is 17.0. The van der Waals surface area contributed by atoms with Crippen LogP contribution in [0.5, 0.6) is 11.5 Å². The first-order valence-electron chi connectivity index (χ1n) is 22.2. The highest BCUT2D eigenvalue weighted by molar-refractivity contribution is 7.92. The quantitative estimate of drug-likeness (QED) is 0.0677. The van der Waals surface area contributed by atoms with E-state index in [-0.39, 0.29) is 57.8 Å². The number of ether oxygens (including phenoxy) is 2. The summed E-state index contributed by atoms with van der Waals surface area (Å²) in [5.74, 6) is -1.68. The molecule has 4 aliphatic heterocycles. The number of piperidine rings is 2. The van der Waals surface area contributed by atoms with Crippen molar-refractivity contribution in [1.82, 2.24) is 30.0 Å². The molecule has 364 valence electrons. The molecule has 3 aromatic carbocycles. The number of hydrogen-bond donors (Lipinski definition) is 4. The van der Waals surface area contributed by atoms with Crippen molar-refractivity contribution in [1.29, 1.82) is 0 Å². The van der Waals surface area contributed by atoms with Crippen molar-refractivity contribution in [3.63, 3.8) is 0 Å². The van der Waals surface area contributed by atoms with E-state index >= 15 is 0 Å². The molecule has 0 radical (unpaired) electrons. The first-order valence-corrected chi connectivity index (χ1v) is 24.5. The number of alkyl halides is 4. The minimum Gasteiger partial charge on any atom is -0.433 e. The molecule has 8 rings (SSSR count). The number of benzene rings is 3. The molecule has 3 amide bonds. The fourth-order valence-electron chi connectivity index (χ4n) is 9.26. The number of nitrogens with zero attached hydrogens (tertiary/aromatic N) is 6. The monoisotopic (exact) mass is 986 g/mol. The number of carbonyl (C=O) groups is 3. The lowest BCUT2D eigenvalue weighted by atomic mass is 9.99. The molecule has 0 saturated carbocycles. The van der Waals surface area contributed by atoms with Crippen molar-refractivity contribution in [2.45, 2.75) is 77.3 Å². The number of rotatable bonds is 17. The predicted molar refractivity (Wildman–Crippen MR) is 247 cm³/mol. The summed E-state index contributed by atoms with van der Waals surface area (Å²) in [6, 6.07) is 12.8. The Morgan fingerprint density at radius 2 is 1.63 bits per heavy atom. The number of aromatic nitrogens is 2. The number of carbonyl (C=O) groups excluding carboxylic acids is 3. The molecule has 0 aliphatic carbocycles. The zero-order chi connectivity index (χ0) is 48.3. The molecule has 0 bridgehead atoms. The second-order valence-corrected chi connectivity index (χ2v) is 19.2. The molecular formula is C45H51ClF4N10O7S. The van der Waals surface area contributed by atoms with Crippen LogP contribution >= 0.6 is 11.6 Å². The van der Waals surface area contributed by atoms with Crippen LogP contribution in [0.15, 0.2) is 54.7 Å². The van der Waals surface area contributed by atoms with Crippen LogP contribution in [0, 0.1) is 0 Å². The van der Waals surface area contributed by atoms with Crippen LogP contribution in [0.1, 0.15) is 59.7 Å². The Kier molecular flexibility index (Phi) is 14.8. The smallest absolute Gasteiger partial charge is 0.387 e. The molecule has 17 nitrogen and oxygen atoms in total. The third-order valence-corrected chi connectivity index (χ3v) is 13.4. The van der Waals surface area contributed by atoms with Crippen LogP contribution in [0.25, 0.3) is 0 Å². The zero-order valence-corrected chi connectivity index (χ0v) is 38.8. The summed E-state index contributed by atoms with van der Waals surface area (Å²) in [7, 11) is -3.96. The van der Waals surface area contributed by atoms with Gasteiger partial charge in [-0.05, 0) is 73.1 Å². The van der Waals surface area contributed by atoms with Crippen molar-refractivity contribution >= 4 is 73.9 Å². The van der Waals surface area contributed by atoms with Gasteiger partial charge in [0.2, 0.25) is 27.8 Å². The fraction of sp³-hybridized carbons (Fsp3) is 0.444. The lowest BCUT2D eigenvalue weighted by Crippen LogP contribution is -2.53. The number of hydrogen-bond acceptors (Lipinski definition) is 14. The van der Waals surface area contributed by atoms with E-state index in [2.05, 4.69) is 56.1 Å². The highest BCUT2D eigenvalue weighted by Crippen LogP contribution is 2.40. The number of para-hydroxylation sites is 1. The molecule has 3 saturated heterocycles. The van der Waals surface area contributed by atoms with Gasteiger partial charge in [-0.2, -0.15) is 22.5 Å². The molecule has 1 atom stereocenters. The van der Waals surface area contributed by atoms with Crippen LogP contribution in [0.2, 0.25) is 5.02 Å². The van der Waals surface area contributed by atoms with E-state index in [1.807, 2.05) is 19.1 Å². The van der Waals surface area contributed by atoms with E-state index in [1.165, 1.54) is 18.3 Å². The third kappa shape index (κ3) is 11.5. The molecule has 1 aromatic heterocycles. The van der Waals surface area contributed by atoms with Gasteiger partial charge in [-0.1, -0.05) is 36.7 Å². The number of sulfonamides is 1. The Labute approximate surface area is 395 Å². The van der Waals surface area contributed by atoms with E-state index in [0.717, 1.165) is 86.7 Å². The summed E-state index contributed by atoms with van der Waals surface area (Å²) in [6.07, 6.45) is 5.74. The third-order valence-electron chi connectivity index (χ3n) is 12.6.